The van der Waals surface area contributed by atoms with Crippen molar-refractivity contribution in [3.05, 3.63) is 28.3 Å². The molecule has 2 aromatic rings. The van der Waals surface area contributed by atoms with Crippen molar-refractivity contribution in [1.82, 2.24) is 19.9 Å². The Hall–Kier alpha value is -1.78. The number of rotatable bonds is 6. The van der Waals surface area contributed by atoms with Crippen LogP contribution in [0.3, 0.4) is 0 Å². The molecule has 0 bridgehead atoms. The maximum Gasteiger partial charge on any atom is 0.340 e. The van der Waals surface area contributed by atoms with Crippen molar-refractivity contribution in [2.45, 2.75) is 24.4 Å². The predicted octanol–water partition coefficient (Wildman–Crippen LogP) is 0.994. The molecule has 8 nitrogen and oxygen atoms in total. The first kappa shape index (κ1) is 14.6. The number of nitrogens with one attached hydrogen (secondary N) is 2. The molecule has 0 saturated heterocycles. The minimum atomic E-state index is -4.01. The highest BCUT2D eigenvalue weighted by molar-refractivity contribution is 7.89. The highest BCUT2D eigenvalue weighted by Gasteiger charge is 2.28. The van der Waals surface area contributed by atoms with Gasteiger partial charge in [-0.1, -0.05) is 6.92 Å². The third kappa shape index (κ3) is 2.86. The number of carboxylic acid groups (broad SMARTS) is 1. The molecule has 1 atom stereocenters. The third-order valence-corrected chi connectivity index (χ3v) is 4.89. The molecule has 0 aliphatic carbocycles. The Balaban J connectivity index is 2.31. The third-order valence-electron chi connectivity index (χ3n) is 2.56. The van der Waals surface area contributed by atoms with E-state index in [1.54, 1.807) is 18.5 Å². The number of carboxylic acids is 1. The maximum absolute atomic E-state index is 12.2. The van der Waals surface area contributed by atoms with Gasteiger partial charge in [-0.2, -0.15) is 9.82 Å². The normalized spacial score (nSPS) is 13.2. The van der Waals surface area contributed by atoms with Gasteiger partial charge in [-0.25, -0.2) is 18.2 Å². The molecule has 20 heavy (non-hydrogen) atoms. The lowest BCUT2D eigenvalue weighted by molar-refractivity contribution is 0.0692. The average Bonchev–Trinajstić information content (AvgIpc) is 3.06. The Kier molecular flexibility index (Phi) is 4.16. The summed E-state index contributed by atoms with van der Waals surface area (Å²) in [5, 5.41) is 16.5. The van der Waals surface area contributed by atoms with Crippen molar-refractivity contribution >= 4 is 27.3 Å². The number of thiazole rings is 1. The first-order chi connectivity index (χ1) is 9.45. The van der Waals surface area contributed by atoms with E-state index >= 15 is 0 Å². The molecule has 0 amide bonds. The van der Waals surface area contributed by atoms with Crippen molar-refractivity contribution in [1.29, 1.82) is 0 Å². The van der Waals surface area contributed by atoms with Gasteiger partial charge in [0.25, 0.3) is 10.0 Å². The van der Waals surface area contributed by atoms with Gasteiger partial charge in [0.15, 0.2) is 5.03 Å². The maximum atomic E-state index is 12.2. The lowest BCUT2D eigenvalue weighted by atomic mass is 10.3. The van der Waals surface area contributed by atoms with Gasteiger partial charge < -0.3 is 5.11 Å². The lowest BCUT2D eigenvalue weighted by Gasteiger charge is -2.14. The number of nitrogens with zero attached hydrogens (tertiary/aromatic N) is 2. The van der Waals surface area contributed by atoms with Gasteiger partial charge in [-0.05, 0) is 6.42 Å². The van der Waals surface area contributed by atoms with Crippen LogP contribution in [0.5, 0.6) is 0 Å². The van der Waals surface area contributed by atoms with E-state index in [4.69, 9.17) is 5.11 Å². The van der Waals surface area contributed by atoms with E-state index in [1.165, 1.54) is 11.3 Å². The molecule has 0 aliphatic heterocycles. The van der Waals surface area contributed by atoms with E-state index < -0.39 is 32.6 Å². The van der Waals surface area contributed by atoms with Crippen LogP contribution in [0.25, 0.3) is 0 Å². The van der Waals surface area contributed by atoms with Gasteiger partial charge >= 0.3 is 5.97 Å². The van der Waals surface area contributed by atoms with Crippen LogP contribution in [0.4, 0.5) is 0 Å². The summed E-state index contributed by atoms with van der Waals surface area (Å²) in [6.07, 6.45) is 3.03. The summed E-state index contributed by atoms with van der Waals surface area (Å²) in [5.74, 6) is -1.36. The lowest BCUT2D eigenvalue weighted by Crippen LogP contribution is -2.29. The van der Waals surface area contributed by atoms with E-state index in [-0.39, 0.29) is 0 Å². The molecule has 2 rings (SSSR count). The number of aromatic nitrogens is 3. The molecule has 0 spiro atoms. The Labute approximate surface area is 118 Å². The highest BCUT2D eigenvalue weighted by atomic mass is 32.2. The molecule has 0 saturated carbocycles. The van der Waals surface area contributed by atoms with Crippen LogP contribution in [0.2, 0.25) is 0 Å². The number of carbonyl (C=O) groups is 1. The van der Waals surface area contributed by atoms with E-state index in [9.17, 15) is 13.2 Å². The van der Waals surface area contributed by atoms with Gasteiger partial charge in [-0.3, -0.25) is 5.10 Å². The number of aromatic carboxylic acids is 1. The molecule has 1 unspecified atom stereocenters. The summed E-state index contributed by atoms with van der Waals surface area (Å²) in [6.45, 7) is 1.81. The fourth-order valence-corrected chi connectivity index (χ4v) is 3.81. The zero-order chi connectivity index (χ0) is 14.8. The largest absolute Gasteiger partial charge is 0.478 e. The minimum Gasteiger partial charge on any atom is -0.478 e. The van der Waals surface area contributed by atoms with Crippen molar-refractivity contribution in [3.8, 4) is 0 Å². The van der Waals surface area contributed by atoms with Gasteiger partial charge in [0.05, 0.1) is 12.2 Å². The second kappa shape index (κ2) is 5.69. The molecule has 2 heterocycles. The molecular formula is C10H12N4O4S2. The molecule has 0 aliphatic rings. The summed E-state index contributed by atoms with van der Waals surface area (Å²) < 4.78 is 26.9. The van der Waals surface area contributed by atoms with Crippen molar-refractivity contribution in [2.24, 2.45) is 0 Å². The molecule has 3 N–H and O–H groups in total. The van der Waals surface area contributed by atoms with Crippen LogP contribution < -0.4 is 4.72 Å². The second-order valence-electron chi connectivity index (χ2n) is 3.87. The fourth-order valence-electron chi connectivity index (χ4n) is 1.59. The monoisotopic (exact) mass is 316 g/mol. The van der Waals surface area contributed by atoms with E-state index in [0.717, 1.165) is 6.20 Å². The first-order valence-corrected chi connectivity index (χ1v) is 8.00. The Morgan fingerprint density at radius 1 is 1.60 bits per heavy atom. The Morgan fingerprint density at radius 2 is 2.35 bits per heavy atom. The minimum absolute atomic E-state index is 0.397. The molecule has 108 valence electrons. The Bertz CT molecular complexity index is 693. The van der Waals surface area contributed by atoms with E-state index in [2.05, 4.69) is 19.9 Å². The number of hydrogen-bond acceptors (Lipinski definition) is 6. The van der Waals surface area contributed by atoms with Gasteiger partial charge in [0.2, 0.25) is 0 Å². The average molecular weight is 316 g/mol. The quantitative estimate of drug-likeness (QED) is 0.730. The number of hydrogen-bond donors (Lipinski definition) is 3. The van der Waals surface area contributed by atoms with Crippen molar-refractivity contribution in [3.63, 3.8) is 0 Å². The SMILES string of the molecule is CCC(NS(=O)(=O)c1[nH]ncc1C(=O)O)c1nccs1. The summed E-state index contributed by atoms with van der Waals surface area (Å²) in [6, 6.07) is -0.509. The number of sulfonamides is 1. The fraction of sp³-hybridized carbons (Fsp3) is 0.300. The molecule has 0 aromatic carbocycles. The zero-order valence-corrected chi connectivity index (χ0v) is 12.0. The molecule has 0 fully saturated rings. The highest BCUT2D eigenvalue weighted by Crippen LogP contribution is 2.22. The standard InChI is InChI=1S/C10H12N4O4S2/c1-2-7(8-11-3-4-19-8)14-20(17,18)9-6(10(15)16)5-12-13-9/h3-5,7,14H,2H2,1H3,(H,12,13)(H,15,16). The molecule has 2 aromatic heterocycles. The van der Waals surface area contributed by atoms with Gasteiger partial charge in [0, 0.05) is 11.6 Å². The van der Waals surface area contributed by atoms with Crippen LogP contribution in [0.15, 0.2) is 22.8 Å². The molecule has 0 radical (unpaired) electrons. The van der Waals surface area contributed by atoms with Crippen molar-refractivity contribution in [2.75, 3.05) is 0 Å². The van der Waals surface area contributed by atoms with Gasteiger partial charge in [-0.15, -0.1) is 11.3 Å². The number of aromatic amines is 1. The van der Waals surface area contributed by atoms with E-state index in [0.29, 0.717) is 11.4 Å². The second-order valence-corrected chi connectivity index (χ2v) is 6.45. The topological polar surface area (TPSA) is 125 Å². The van der Waals surface area contributed by atoms with E-state index in [1.807, 2.05) is 0 Å². The Morgan fingerprint density at radius 3 is 2.90 bits per heavy atom. The first-order valence-electron chi connectivity index (χ1n) is 5.64. The van der Waals surface area contributed by atoms with Crippen LogP contribution in [-0.4, -0.2) is 34.7 Å². The smallest absolute Gasteiger partial charge is 0.340 e. The van der Waals surface area contributed by atoms with Crippen molar-refractivity contribution < 1.29 is 18.3 Å². The molecular weight excluding hydrogens is 304 g/mol. The predicted molar refractivity (Wildman–Crippen MR) is 71.0 cm³/mol. The number of H-pyrrole nitrogens is 1. The summed E-state index contributed by atoms with van der Waals surface area (Å²) in [5.41, 5.74) is -0.397. The van der Waals surface area contributed by atoms with Crippen LogP contribution >= 0.6 is 11.3 Å². The van der Waals surface area contributed by atoms with Crippen LogP contribution in [-0.2, 0) is 10.0 Å². The summed E-state index contributed by atoms with van der Waals surface area (Å²) in [4.78, 5) is 15.0. The summed E-state index contributed by atoms with van der Waals surface area (Å²) in [7, 11) is -4.01. The van der Waals surface area contributed by atoms with Crippen LogP contribution in [0.1, 0.15) is 34.8 Å². The molecule has 10 heteroatoms. The summed E-state index contributed by atoms with van der Waals surface area (Å²) >= 11 is 1.32. The zero-order valence-electron chi connectivity index (χ0n) is 10.4. The van der Waals surface area contributed by atoms with Crippen LogP contribution in [0, 0.1) is 0 Å². The van der Waals surface area contributed by atoms with Gasteiger partial charge in [0.1, 0.15) is 10.6 Å².